The predicted octanol–water partition coefficient (Wildman–Crippen LogP) is -0.315. The summed E-state index contributed by atoms with van der Waals surface area (Å²) in [5.74, 6) is 0. The van der Waals surface area contributed by atoms with Gasteiger partial charge in [0.25, 0.3) is 0 Å². The van der Waals surface area contributed by atoms with E-state index in [2.05, 4.69) is 5.32 Å². The first kappa shape index (κ1) is 8.88. The summed E-state index contributed by atoms with van der Waals surface area (Å²) in [4.78, 5) is 0. The normalized spacial score (nSPS) is 14.3. The van der Waals surface area contributed by atoms with E-state index in [0.717, 1.165) is 13.0 Å². The summed E-state index contributed by atoms with van der Waals surface area (Å²) in [6.45, 7) is 4.60. The van der Waals surface area contributed by atoms with Crippen molar-refractivity contribution in [2.75, 3.05) is 6.54 Å². The molecule has 1 atom stereocenters. The first-order chi connectivity index (χ1) is 4.18. The quantitative estimate of drug-likeness (QED) is 0.461. The summed E-state index contributed by atoms with van der Waals surface area (Å²) in [5.41, 5.74) is 0. The van der Waals surface area contributed by atoms with Gasteiger partial charge in [-0.2, -0.15) is 0 Å². The molecule has 0 aliphatic rings. The highest BCUT2D eigenvalue weighted by molar-refractivity contribution is 4.59. The third-order valence-electron chi connectivity index (χ3n) is 1.16. The average Bonchev–Trinajstić information content (AvgIpc) is 1.82. The monoisotopic (exact) mass is 133 g/mol. The van der Waals surface area contributed by atoms with Gasteiger partial charge in [0.15, 0.2) is 6.29 Å². The van der Waals surface area contributed by atoms with Crippen molar-refractivity contribution in [1.29, 1.82) is 0 Å². The minimum atomic E-state index is -1.24. The van der Waals surface area contributed by atoms with Crippen LogP contribution in [0.25, 0.3) is 0 Å². The van der Waals surface area contributed by atoms with Crippen molar-refractivity contribution >= 4 is 0 Å². The molecule has 56 valence electrons. The molecule has 0 aliphatic carbocycles. The Morgan fingerprint density at radius 3 is 2.33 bits per heavy atom. The molecule has 3 N–H and O–H groups in total. The van der Waals surface area contributed by atoms with E-state index in [-0.39, 0.29) is 6.04 Å². The van der Waals surface area contributed by atoms with E-state index < -0.39 is 6.29 Å². The first-order valence-corrected chi connectivity index (χ1v) is 3.28. The zero-order valence-corrected chi connectivity index (χ0v) is 5.96. The van der Waals surface area contributed by atoms with Crippen LogP contribution >= 0.6 is 0 Å². The van der Waals surface area contributed by atoms with Crippen molar-refractivity contribution in [3.63, 3.8) is 0 Å². The standard InChI is InChI=1S/C6H15NO2/c1-3-4-7-5(2)6(8)9/h5-9H,3-4H2,1-2H3. The Morgan fingerprint density at radius 1 is 1.44 bits per heavy atom. The lowest BCUT2D eigenvalue weighted by molar-refractivity contribution is -0.0623. The van der Waals surface area contributed by atoms with Gasteiger partial charge in [-0.25, -0.2) is 0 Å². The molecule has 3 heteroatoms. The molecule has 0 bridgehead atoms. The van der Waals surface area contributed by atoms with Crippen LogP contribution in [0.2, 0.25) is 0 Å². The minimum Gasteiger partial charge on any atom is -0.367 e. The Labute approximate surface area is 55.7 Å². The molecule has 0 aromatic rings. The van der Waals surface area contributed by atoms with Gasteiger partial charge in [0, 0.05) is 0 Å². The van der Waals surface area contributed by atoms with Gasteiger partial charge in [0.05, 0.1) is 6.04 Å². The molecule has 0 aromatic carbocycles. The number of hydrogen-bond donors (Lipinski definition) is 3. The third kappa shape index (κ3) is 4.39. The van der Waals surface area contributed by atoms with Gasteiger partial charge in [0.1, 0.15) is 0 Å². The molecular weight excluding hydrogens is 118 g/mol. The van der Waals surface area contributed by atoms with Crippen LogP contribution in [0.4, 0.5) is 0 Å². The summed E-state index contributed by atoms with van der Waals surface area (Å²) in [6, 6.07) is -0.218. The molecule has 0 saturated carbocycles. The van der Waals surface area contributed by atoms with Crippen molar-refractivity contribution in [1.82, 2.24) is 5.32 Å². The van der Waals surface area contributed by atoms with Gasteiger partial charge >= 0.3 is 0 Å². The fraction of sp³-hybridized carbons (Fsp3) is 1.00. The van der Waals surface area contributed by atoms with Crippen LogP contribution in [0.1, 0.15) is 20.3 Å². The average molecular weight is 133 g/mol. The summed E-state index contributed by atoms with van der Waals surface area (Å²) >= 11 is 0. The molecule has 0 amide bonds. The Balaban J connectivity index is 3.16. The fourth-order valence-electron chi connectivity index (χ4n) is 0.477. The summed E-state index contributed by atoms with van der Waals surface area (Å²) in [6.07, 6.45) is -0.228. The van der Waals surface area contributed by atoms with E-state index in [1.54, 1.807) is 6.92 Å². The third-order valence-corrected chi connectivity index (χ3v) is 1.16. The molecule has 0 heterocycles. The van der Waals surface area contributed by atoms with Crippen LogP contribution < -0.4 is 5.32 Å². The van der Waals surface area contributed by atoms with E-state index in [9.17, 15) is 0 Å². The van der Waals surface area contributed by atoms with Crippen LogP contribution in [0.5, 0.6) is 0 Å². The maximum Gasteiger partial charge on any atom is 0.166 e. The lowest BCUT2D eigenvalue weighted by atomic mass is 10.3. The van der Waals surface area contributed by atoms with Crippen molar-refractivity contribution < 1.29 is 10.2 Å². The Hall–Kier alpha value is -0.120. The van der Waals surface area contributed by atoms with Crippen molar-refractivity contribution in [2.24, 2.45) is 0 Å². The Kier molecular flexibility index (Phi) is 4.67. The number of aliphatic hydroxyl groups excluding tert-OH is 1. The smallest absolute Gasteiger partial charge is 0.166 e. The summed E-state index contributed by atoms with van der Waals surface area (Å²) in [7, 11) is 0. The van der Waals surface area contributed by atoms with Gasteiger partial charge in [0.2, 0.25) is 0 Å². The Morgan fingerprint density at radius 2 is 2.00 bits per heavy atom. The first-order valence-electron chi connectivity index (χ1n) is 3.28. The topological polar surface area (TPSA) is 52.5 Å². The second-order valence-electron chi connectivity index (χ2n) is 2.16. The summed E-state index contributed by atoms with van der Waals surface area (Å²) < 4.78 is 0. The highest BCUT2D eigenvalue weighted by atomic mass is 16.5. The maximum atomic E-state index is 8.54. The van der Waals surface area contributed by atoms with Crippen LogP contribution in [-0.4, -0.2) is 29.1 Å². The lowest BCUT2D eigenvalue weighted by Gasteiger charge is -2.13. The summed E-state index contributed by atoms with van der Waals surface area (Å²) in [5, 5.41) is 20.0. The van der Waals surface area contributed by atoms with E-state index in [0.29, 0.717) is 0 Å². The highest BCUT2D eigenvalue weighted by Gasteiger charge is 2.06. The molecule has 1 unspecified atom stereocenters. The molecule has 9 heavy (non-hydrogen) atoms. The van der Waals surface area contributed by atoms with Gasteiger partial charge in [-0.05, 0) is 19.9 Å². The van der Waals surface area contributed by atoms with Crippen LogP contribution in [-0.2, 0) is 0 Å². The maximum absolute atomic E-state index is 8.54. The molecule has 3 nitrogen and oxygen atoms in total. The number of hydrogen-bond acceptors (Lipinski definition) is 3. The lowest BCUT2D eigenvalue weighted by Crippen LogP contribution is -2.37. The molecule has 0 spiro atoms. The zero-order chi connectivity index (χ0) is 7.28. The van der Waals surface area contributed by atoms with E-state index in [1.807, 2.05) is 6.92 Å². The molecule has 0 aromatic heterocycles. The van der Waals surface area contributed by atoms with Crippen molar-refractivity contribution in [2.45, 2.75) is 32.6 Å². The van der Waals surface area contributed by atoms with Gasteiger partial charge in [-0.3, -0.25) is 0 Å². The van der Waals surface area contributed by atoms with Crippen LogP contribution in [0, 0.1) is 0 Å². The van der Waals surface area contributed by atoms with Crippen molar-refractivity contribution in [3.05, 3.63) is 0 Å². The minimum absolute atomic E-state index is 0.218. The molecule has 0 aliphatic heterocycles. The van der Waals surface area contributed by atoms with Crippen LogP contribution in [0.15, 0.2) is 0 Å². The van der Waals surface area contributed by atoms with Crippen molar-refractivity contribution in [3.8, 4) is 0 Å². The SMILES string of the molecule is CCCNC(C)C(O)O. The van der Waals surface area contributed by atoms with Gasteiger partial charge in [-0.1, -0.05) is 6.92 Å². The van der Waals surface area contributed by atoms with E-state index >= 15 is 0 Å². The zero-order valence-electron chi connectivity index (χ0n) is 5.96. The van der Waals surface area contributed by atoms with Gasteiger partial charge < -0.3 is 15.5 Å². The highest BCUT2D eigenvalue weighted by Crippen LogP contribution is 1.86. The molecular formula is C6H15NO2. The molecule has 0 radical (unpaired) electrons. The van der Waals surface area contributed by atoms with Gasteiger partial charge in [-0.15, -0.1) is 0 Å². The molecule has 0 rings (SSSR count). The number of nitrogens with one attached hydrogen (secondary N) is 1. The van der Waals surface area contributed by atoms with E-state index in [4.69, 9.17) is 10.2 Å². The number of rotatable bonds is 4. The Bertz CT molecular complexity index is 66.1. The predicted molar refractivity (Wildman–Crippen MR) is 36.0 cm³/mol. The molecule has 0 fully saturated rings. The second kappa shape index (κ2) is 4.73. The largest absolute Gasteiger partial charge is 0.367 e. The van der Waals surface area contributed by atoms with E-state index in [1.165, 1.54) is 0 Å². The number of aliphatic hydroxyl groups is 2. The fourth-order valence-corrected chi connectivity index (χ4v) is 0.477. The second-order valence-corrected chi connectivity index (χ2v) is 2.16. The van der Waals surface area contributed by atoms with Crippen LogP contribution in [0.3, 0.4) is 0 Å². The molecule has 0 saturated heterocycles.